The van der Waals surface area contributed by atoms with Gasteiger partial charge in [0.05, 0.1) is 4.53 Å². The number of anilines is 1. The summed E-state index contributed by atoms with van der Waals surface area (Å²) in [5.74, 6) is 0.0941. The standard InChI is InChI=1S/C21H19FN4OS/c1-3-25(4-2)17-11-5-14(6-12-17)13-18-20(27)26-21(28-18)23-19(24-26)15-7-9-16(22)10-8-15/h5-13H,3-4H2,1-2H3. The van der Waals surface area contributed by atoms with Crippen LogP contribution in [0.25, 0.3) is 22.4 Å². The number of aromatic nitrogens is 3. The number of rotatable bonds is 5. The first-order valence-electron chi connectivity index (χ1n) is 9.11. The van der Waals surface area contributed by atoms with Gasteiger partial charge in [-0.3, -0.25) is 4.79 Å². The van der Waals surface area contributed by atoms with Gasteiger partial charge in [0.25, 0.3) is 5.56 Å². The van der Waals surface area contributed by atoms with Crippen molar-refractivity contribution < 1.29 is 4.39 Å². The zero-order valence-electron chi connectivity index (χ0n) is 15.6. The molecular weight excluding hydrogens is 375 g/mol. The summed E-state index contributed by atoms with van der Waals surface area (Å²) in [5, 5.41) is 4.29. The molecule has 0 saturated heterocycles. The first kappa shape index (κ1) is 18.3. The summed E-state index contributed by atoms with van der Waals surface area (Å²) in [4.78, 5) is 19.9. The van der Waals surface area contributed by atoms with Crippen LogP contribution in [0.3, 0.4) is 0 Å². The van der Waals surface area contributed by atoms with Crippen LogP contribution in [0.2, 0.25) is 0 Å². The van der Waals surface area contributed by atoms with Crippen LogP contribution in [-0.4, -0.2) is 27.7 Å². The molecule has 4 rings (SSSR count). The molecule has 2 heterocycles. The first-order valence-corrected chi connectivity index (χ1v) is 9.93. The largest absolute Gasteiger partial charge is 0.372 e. The van der Waals surface area contributed by atoms with Crippen molar-refractivity contribution in [2.24, 2.45) is 0 Å². The monoisotopic (exact) mass is 394 g/mol. The summed E-state index contributed by atoms with van der Waals surface area (Å²) in [5.41, 5.74) is 2.59. The van der Waals surface area contributed by atoms with E-state index in [0.717, 1.165) is 24.3 Å². The van der Waals surface area contributed by atoms with Gasteiger partial charge in [-0.25, -0.2) is 4.39 Å². The molecule has 0 amide bonds. The molecule has 0 fully saturated rings. The van der Waals surface area contributed by atoms with Gasteiger partial charge in [-0.2, -0.15) is 9.50 Å². The van der Waals surface area contributed by atoms with E-state index in [2.05, 4.69) is 41.0 Å². The summed E-state index contributed by atoms with van der Waals surface area (Å²) < 4.78 is 15.0. The van der Waals surface area contributed by atoms with Gasteiger partial charge >= 0.3 is 0 Å². The van der Waals surface area contributed by atoms with Crippen LogP contribution < -0.4 is 15.0 Å². The van der Waals surface area contributed by atoms with E-state index in [9.17, 15) is 9.18 Å². The summed E-state index contributed by atoms with van der Waals surface area (Å²) in [7, 11) is 0. The van der Waals surface area contributed by atoms with E-state index >= 15 is 0 Å². The predicted molar refractivity (Wildman–Crippen MR) is 111 cm³/mol. The maximum atomic E-state index is 13.1. The molecule has 2 aromatic carbocycles. The molecule has 2 aromatic heterocycles. The van der Waals surface area contributed by atoms with Crippen molar-refractivity contribution in [3.8, 4) is 11.4 Å². The Balaban J connectivity index is 1.68. The van der Waals surface area contributed by atoms with Crippen molar-refractivity contribution >= 4 is 28.1 Å². The number of hydrogen-bond acceptors (Lipinski definition) is 5. The van der Waals surface area contributed by atoms with Crippen LogP contribution >= 0.6 is 11.3 Å². The van der Waals surface area contributed by atoms with Gasteiger partial charge in [0.15, 0.2) is 5.82 Å². The molecule has 0 atom stereocenters. The second kappa shape index (κ2) is 7.52. The molecule has 0 aliphatic heterocycles. The third-order valence-electron chi connectivity index (χ3n) is 4.60. The van der Waals surface area contributed by atoms with Crippen LogP contribution in [0.15, 0.2) is 53.3 Å². The topological polar surface area (TPSA) is 50.5 Å². The van der Waals surface area contributed by atoms with Crippen LogP contribution in [0.5, 0.6) is 0 Å². The number of fused-ring (bicyclic) bond motifs is 1. The fourth-order valence-electron chi connectivity index (χ4n) is 3.08. The highest BCUT2D eigenvalue weighted by atomic mass is 32.1. The average Bonchev–Trinajstić information content (AvgIpc) is 3.24. The first-order chi connectivity index (χ1) is 13.6. The summed E-state index contributed by atoms with van der Waals surface area (Å²) in [6.07, 6.45) is 1.85. The van der Waals surface area contributed by atoms with Gasteiger partial charge in [0.2, 0.25) is 4.96 Å². The van der Waals surface area contributed by atoms with Crippen molar-refractivity contribution in [1.82, 2.24) is 14.6 Å². The number of hydrogen-bond donors (Lipinski definition) is 0. The van der Waals surface area contributed by atoms with Gasteiger partial charge in [-0.05, 0) is 61.9 Å². The average molecular weight is 394 g/mol. The Morgan fingerprint density at radius 3 is 2.36 bits per heavy atom. The highest BCUT2D eigenvalue weighted by molar-refractivity contribution is 7.15. The Hall–Kier alpha value is -3.06. The second-order valence-electron chi connectivity index (χ2n) is 6.32. The van der Waals surface area contributed by atoms with Crippen molar-refractivity contribution in [3.63, 3.8) is 0 Å². The minimum Gasteiger partial charge on any atom is -0.372 e. The van der Waals surface area contributed by atoms with Gasteiger partial charge in [0, 0.05) is 24.3 Å². The maximum absolute atomic E-state index is 13.1. The molecule has 28 heavy (non-hydrogen) atoms. The van der Waals surface area contributed by atoms with Crippen LogP contribution in [0, 0.1) is 5.82 Å². The van der Waals surface area contributed by atoms with Crippen LogP contribution in [0.4, 0.5) is 10.1 Å². The third kappa shape index (κ3) is 3.41. The van der Waals surface area contributed by atoms with Crippen molar-refractivity contribution in [3.05, 3.63) is 74.8 Å². The van der Waals surface area contributed by atoms with Gasteiger partial charge in [-0.1, -0.05) is 23.5 Å². The Bertz CT molecular complexity index is 1210. The Kier molecular flexibility index (Phi) is 4.92. The van der Waals surface area contributed by atoms with Crippen LogP contribution in [-0.2, 0) is 0 Å². The highest BCUT2D eigenvalue weighted by Crippen LogP contribution is 2.17. The lowest BCUT2D eigenvalue weighted by Gasteiger charge is -2.20. The number of benzene rings is 2. The van der Waals surface area contributed by atoms with Crippen molar-refractivity contribution in [2.45, 2.75) is 13.8 Å². The molecule has 0 unspecified atom stereocenters. The maximum Gasteiger partial charge on any atom is 0.291 e. The Labute approximate surface area is 165 Å². The molecular formula is C21H19FN4OS. The summed E-state index contributed by atoms with van der Waals surface area (Å²) >= 11 is 1.29. The van der Waals surface area contributed by atoms with E-state index in [4.69, 9.17) is 0 Å². The minimum absolute atomic E-state index is 0.200. The van der Waals surface area contributed by atoms with Crippen molar-refractivity contribution in [2.75, 3.05) is 18.0 Å². The molecule has 0 radical (unpaired) electrons. The quantitative estimate of drug-likeness (QED) is 0.521. The lowest BCUT2D eigenvalue weighted by atomic mass is 10.2. The summed E-state index contributed by atoms with van der Waals surface area (Å²) in [6, 6.07) is 14.0. The number of halogens is 1. The highest BCUT2D eigenvalue weighted by Gasteiger charge is 2.12. The molecule has 0 aliphatic carbocycles. The summed E-state index contributed by atoms with van der Waals surface area (Å²) in [6.45, 7) is 6.16. The molecule has 0 saturated carbocycles. The van der Waals surface area contributed by atoms with E-state index < -0.39 is 0 Å². The van der Waals surface area contributed by atoms with E-state index in [0.29, 0.717) is 20.9 Å². The Morgan fingerprint density at radius 2 is 1.75 bits per heavy atom. The third-order valence-corrected chi connectivity index (χ3v) is 5.56. The fourth-order valence-corrected chi connectivity index (χ4v) is 3.98. The Morgan fingerprint density at radius 1 is 1.07 bits per heavy atom. The molecule has 4 aromatic rings. The molecule has 7 heteroatoms. The lowest BCUT2D eigenvalue weighted by molar-refractivity contribution is 0.628. The molecule has 0 bridgehead atoms. The minimum atomic E-state index is -0.321. The van der Waals surface area contributed by atoms with E-state index in [1.807, 2.05) is 18.2 Å². The van der Waals surface area contributed by atoms with Gasteiger partial charge in [0.1, 0.15) is 5.82 Å². The number of thiazole rings is 1. The SMILES string of the molecule is CCN(CC)c1ccc(C=c2sc3nc(-c4ccc(F)cc4)nn3c2=O)cc1. The van der Waals surface area contributed by atoms with E-state index in [1.165, 1.54) is 28.0 Å². The van der Waals surface area contributed by atoms with Crippen LogP contribution in [0.1, 0.15) is 19.4 Å². The predicted octanol–water partition coefficient (Wildman–Crippen LogP) is 3.35. The molecule has 5 nitrogen and oxygen atoms in total. The smallest absolute Gasteiger partial charge is 0.291 e. The molecule has 142 valence electrons. The fraction of sp³-hybridized carbons (Fsp3) is 0.190. The van der Waals surface area contributed by atoms with E-state index in [1.54, 1.807) is 12.1 Å². The van der Waals surface area contributed by atoms with E-state index in [-0.39, 0.29) is 11.4 Å². The van der Waals surface area contributed by atoms with Gasteiger partial charge < -0.3 is 4.90 Å². The molecule has 0 spiro atoms. The lowest BCUT2D eigenvalue weighted by Crippen LogP contribution is -2.23. The van der Waals surface area contributed by atoms with Gasteiger partial charge in [-0.15, -0.1) is 5.10 Å². The van der Waals surface area contributed by atoms with Crippen molar-refractivity contribution in [1.29, 1.82) is 0 Å². The second-order valence-corrected chi connectivity index (χ2v) is 7.33. The zero-order chi connectivity index (χ0) is 19.7. The molecule has 0 aliphatic rings. The normalized spacial score (nSPS) is 12.0. The number of nitrogens with zero attached hydrogens (tertiary/aromatic N) is 4. The zero-order valence-corrected chi connectivity index (χ0v) is 16.4. The molecule has 0 N–H and O–H groups in total.